The van der Waals surface area contributed by atoms with E-state index in [0.717, 1.165) is 6.42 Å². The van der Waals surface area contributed by atoms with Crippen molar-refractivity contribution in [1.29, 1.82) is 0 Å². The van der Waals surface area contributed by atoms with Gasteiger partial charge in [0, 0.05) is 37.2 Å². The number of amides is 2. The fourth-order valence-corrected chi connectivity index (χ4v) is 3.98. The van der Waals surface area contributed by atoms with Gasteiger partial charge in [0.2, 0.25) is 5.91 Å². The fourth-order valence-electron chi connectivity index (χ4n) is 3.98. The third-order valence-corrected chi connectivity index (χ3v) is 5.67. The molecule has 33 heavy (non-hydrogen) atoms. The zero-order valence-electron chi connectivity index (χ0n) is 17.9. The van der Waals surface area contributed by atoms with Gasteiger partial charge in [-0.05, 0) is 35.8 Å². The van der Waals surface area contributed by atoms with E-state index in [9.17, 15) is 19.7 Å². The van der Waals surface area contributed by atoms with Crippen molar-refractivity contribution in [3.8, 4) is 0 Å². The molecular weight excluding hydrogens is 418 g/mol. The molecular formula is C26H23N3O4. The smallest absolute Gasteiger partial charge is 0.270 e. The standard InChI is InChI=1S/C26H23N3O4/c30-25(14-13-19-7-6-10-22(17-19)29(32)33)27-24-12-5-4-11-23(24)26(31)28-16-15-21(18-28)20-8-2-1-3-9-20/h1-14,17,21H,15-16,18H2,(H,27,30)/b14-13+. The summed E-state index contributed by atoms with van der Waals surface area (Å²) in [5.74, 6) is -0.243. The van der Waals surface area contributed by atoms with Crippen molar-refractivity contribution >= 4 is 29.3 Å². The van der Waals surface area contributed by atoms with Crippen LogP contribution in [0.15, 0.2) is 84.9 Å². The quantitative estimate of drug-likeness (QED) is 0.335. The van der Waals surface area contributed by atoms with Crippen molar-refractivity contribution in [2.45, 2.75) is 12.3 Å². The summed E-state index contributed by atoms with van der Waals surface area (Å²) in [4.78, 5) is 37.9. The lowest BCUT2D eigenvalue weighted by Crippen LogP contribution is -2.29. The Morgan fingerprint density at radius 1 is 1.00 bits per heavy atom. The molecule has 0 radical (unpaired) electrons. The lowest BCUT2D eigenvalue weighted by atomic mass is 9.99. The summed E-state index contributed by atoms with van der Waals surface area (Å²) in [6.07, 6.45) is 3.69. The Kier molecular flexibility index (Phi) is 6.59. The number of carbonyl (C=O) groups excluding carboxylic acids is 2. The number of carbonyl (C=O) groups is 2. The first-order chi connectivity index (χ1) is 16.0. The number of hydrogen-bond acceptors (Lipinski definition) is 4. The van der Waals surface area contributed by atoms with Gasteiger partial charge in [-0.15, -0.1) is 0 Å². The summed E-state index contributed by atoms with van der Waals surface area (Å²) in [5.41, 5.74) is 2.57. The molecule has 0 aromatic heterocycles. The molecule has 1 heterocycles. The van der Waals surface area contributed by atoms with Gasteiger partial charge < -0.3 is 10.2 Å². The molecule has 1 N–H and O–H groups in total. The van der Waals surface area contributed by atoms with Gasteiger partial charge in [0.05, 0.1) is 16.2 Å². The highest BCUT2D eigenvalue weighted by Crippen LogP contribution is 2.29. The van der Waals surface area contributed by atoms with E-state index in [1.54, 1.807) is 36.4 Å². The predicted octanol–water partition coefficient (Wildman–Crippen LogP) is 4.88. The maximum absolute atomic E-state index is 13.2. The van der Waals surface area contributed by atoms with E-state index in [1.807, 2.05) is 23.1 Å². The van der Waals surface area contributed by atoms with Gasteiger partial charge in [-0.2, -0.15) is 0 Å². The minimum atomic E-state index is -0.486. The van der Waals surface area contributed by atoms with Crippen molar-refractivity contribution in [2.75, 3.05) is 18.4 Å². The average molecular weight is 441 g/mol. The van der Waals surface area contributed by atoms with Gasteiger partial charge in [0.1, 0.15) is 0 Å². The molecule has 166 valence electrons. The highest BCUT2D eigenvalue weighted by Gasteiger charge is 2.29. The van der Waals surface area contributed by atoms with E-state index in [2.05, 4.69) is 17.4 Å². The molecule has 1 unspecified atom stereocenters. The minimum Gasteiger partial charge on any atom is -0.338 e. The maximum atomic E-state index is 13.2. The number of likely N-dealkylation sites (tertiary alicyclic amines) is 1. The number of rotatable bonds is 6. The van der Waals surface area contributed by atoms with E-state index in [1.165, 1.54) is 29.8 Å². The number of non-ortho nitro benzene ring substituents is 1. The number of nitro benzene ring substituents is 1. The number of para-hydroxylation sites is 1. The van der Waals surface area contributed by atoms with Gasteiger partial charge in [0.25, 0.3) is 11.6 Å². The number of anilines is 1. The Balaban J connectivity index is 1.44. The van der Waals surface area contributed by atoms with Gasteiger partial charge >= 0.3 is 0 Å². The molecule has 1 atom stereocenters. The Labute approximate surface area is 191 Å². The third-order valence-electron chi connectivity index (χ3n) is 5.67. The summed E-state index contributed by atoms with van der Waals surface area (Å²) in [6, 6.07) is 23.1. The number of nitro groups is 1. The first-order valence-corrected chi connectivity index (χ1v) is 10.7. The zero-order valence-corrected chi connectivity index (χ0v) is 17.9. The van der Waals surface area contributed by atoms with Gasteiger partial charge in [-0.25, -0.2) is 0 Å². The third kappa shape index (κ3) is 5.33. The molecule has 0 aliphatic carbocycles. The minimum absolute atomic E-state index is 0.0482. The molecule has 0 spiro atoms. The predicted molar refractivity (Wildman–Crippen MR) is 127 cm³/mol. The van der Waals surface area contributed by atoms with Gasteiger partial charge in [0.15, 0.2) is 0 Å². The van der Waals surface area contributed by atoms with Crippen molar-refractivity contribution in [3.63, 3.8) is 0 Å². The molecule has 7 heteroatoms. The molecule has 1 aliphatic rings. The highest BCUT2D eigenvalue weighted by atomic mass is 16.6. The molecule has 1 saturated heterocycles. The van der Waals surface area contributed by atoms with E-state index in [-0.39, 0.29) is 11.6 Å². The molecule has 0 bridgehead atoms. The summed E-state index contributed by atoms with van der Waals surface area (Å²) in [6.45, 7) is 1.30. The second-order valence-electron chi connectivity index (χ2n) is 7.87. The highest BCUT2D eigenvalue weighted by molar-refractivity contribution is 6.07. The van der Waals surface area contributed by atoms with Crippen molar-refractivity contribution in [3.05, 3.63) is 112 Å². The van der Waals surface area contributed by atoms with E-state index < -0.39 is 10.8 Å². The van der Waals surface area contributed by atoms with Crippen LogP contribution in [0.1, 0.15) is 33.8 Å². The van der Waals surface area contributed by atoms with Crippen LogP contribution in [0.2, 0.25) is 0 Å². The van der Waals surface area contributed by atoms with E-state index in [4.69, 9.17) is 0 Å². The summed E-state index contributed by atoms with van der Waals surface area (Å²) in [7, 11) is 0. The molecule has 3 aromatic carbocycles. The molecule has 0 saturated carbocycles. The second kappa shape index (κ2) is 9.91. The van der Waals surface area contributed by atoms with Crippen LogP contribution in [0.3, 0.4) is 0 Å². The molecule has 2 amide bonds. The summed E-state index contributed by atoms with van der Waals surface area (Å²) < 4.78 is 0. The second-order valence-corrected chi connectivity index (χ2v) is 7.87. The van der Waals surface area contributed by atoms with Crippen LogP contribution in [0.4, 0.5) is 11.4 Å². The Morgan fingerprint density at radius 3 is 2.55 bits per heavy atom. The van der Waals surface area contributed by atoms with E-state index >= 15 is 0 Å². The number of nitrogens with one attached hydrogen (secondary N) is 1. The van der Waals surface area contributed by atoms with Crippen LogP contribution in [0.25, 0.3) is 6.08 Å². The summed E-state index contributed by atoms with van der Waals surface area (Å²) >= 11 is 0. The van der Waals surface area contributed by atoms with Crippen molar-refractivity contribution < 1.29 is 14.5 Å². The van der Waals surface area contributed by atoms with Crippen LogP contribution in [-0.2, 0) is 4.79 Å². The van der Waals surface area contributed by atoms with Crippen LogP contribution in [-0.4, -0.2) is 34.7 Å². The lowest BCUT2D eigenvalue weighted by molar-refractivity contribution is -0.384. The number of benzene rings is 3. The Hall–Kier alpha value is -4.26. The topological polar surface area (TPSA) is 92.5 Å². The summed E-state index contributed by atoms with van der Waals surface area (Å²) in [5, 5.41) is 13.7. The molecule has 1 aliphatic heterocycles. The van der Waals surface area contributed by atoms with Gasteiger partial charge in [-0.3, -0.25) is 19.7 Å². The Morgan fingerprint density at radius 2 is 1.76 bits per heavy atom. The Bertz CT molecular complexity index is 1210. The number of nitrogens with zero attached hydrogens (tertiary/aromatic N) is 2. The molecule has 1 fully saturated rings. The largest absolute Gasteiger partial charge is 0.338 e. The van der Waals surface area contributed by atoms with E-state index in [0.29, 0.717) is 35.8 Å². The molecule has 7 nitrogen and oxygen atoms in total. The molecule has 3 aromatic rings. The average Bonchev–Trinajstić information content (AvgIpc) is 3.34. The lowest BCUT2D eigenvalue weighted by Gasteiger charge is -2.19. The van der Waals surface area contributed by atoms with Crippen molar-refractivity contribution in [1.82, 2.24) is 4.90 Å². The monoisotopic (exact) mass is 441 g/mol. The molecule has 4 rings (SSSR count). The van der Waals surface area contributed by atoms with Crippen molar-refractivity contribution in [2.24, 2.45) is 0 Å². The first-order valence-electron chi connectivity index (χ1n) is 10.7. The van der Waals surface area contributed by atoms with Gasteiger partial charge in [-0.1, -0.05) is 54.6 Å². The SMILES string of the molecule is O=C(/C=C/c1cccc([N+](=O)[O-])c1)Nc1ccccc1C(=O)N1CCC(c2ccccc2)C1. The van der Waals surface area contributed by atoms with Crippen LogP contribution >= 0.6 is 0 Å². The number of hydrogen-bond donors (Lipinski definition) is 1. The van der Waals surface area contributed by atoms with Crippen LogP contribution in [0.5, 0.6) is 0 Å². The first kappa shape index (κ1) is 22.0. The van der Waals surface area contributed by atoms with Crippen LogP contribution < -0.4 is 5.32 Å². The zero-order chi connectivity index (χ0) is 23.2. The fraction of sp³-hybridized carbons (Fsp3) is 0.154. The normalized spacial score (nSPS) is 15.5. The van der Waals surface area contributed by atoms with Crippen LogP contribution in [0, 0.1) is 10.1 Å². The maximum Gasteiger partial charge on any atom is 0.270 e.